The molecule has 0 saturated carbocycles. The van der Waals surface area contributed by atoms with E-state index in [1.165, 1.54) is 0 Å². The number of rotatable bonds is 2. The lowest BCUT2D eigenvalue weighted by Gasteiger charge is -2.39. The van der Waals surface area contributed by atoms with Crippen LogP contribution in [0, 0.1) is 0 Å². The van der Waals surface area contributed by atoms with Crippen molar-refractivity contribution in [2.24, 2.45) is 0 Å². The number of hydrogen-bond acceptors (Lipinski definition) is 2. The fraction of sp³-hybridized carbons (Fsp3) is 0.538. The summed E-state index contributed by atoms with van der Waals surface area (Å²) >= 11 is 0. The Morgan fingerprint density at radius 3 is 2.67 bits per heavy atom. The average molecular weight is 206 g/mol. The van der Waals surface area contributed by atoms with Gasteiger partial charge in [-0.25, -0.2) is 0 Å². The molecule has 1 aliphatic rings. The van der Waals surface area contributed by atoms with E-state index in [0.717, 1.165) is 24.2 Å². The lowest BCUT2D eigenvalue weighted by Crippen LogP contribution is -2.39. The second-order valence-electron chi connectivity index (χ2n) is 4.25. The van der Waals surface area contributed by atoms with Crippen LogP contribution in [0.2, 0.25) is 0 Å². The van der Waals surface area contributed by atoms with Crippen LogP contribution < -0.4 is 4.74 Å². The zero-order valence-corrected chi connectivity index (χ0v) is 9.36. The Morgan fingerprint density at radius 1 is 1.33 bits per heavy atom. The highest BCUT2D eigenvalue weighted by Crippen LogP contribution is 2.42. The van der Waals surface area contributed by atoms with Crippen molar-refractivity contribution in [2.45, 2.75) is 44.8 Å². The molecule has 0 radical (unpaired) electrons. The Morgan fingerprint density at radius 2 is 2.00 bits per heavy atom. The number of aliphatic hydroxyl groups excluding tert-OH is 1. The Bertz CT molecular complexity index is 342. The maximum absolute atomic E-state index is 10.1. The third-order valence-corrected chi connectivity index (χ3v) is 3.46. The average Bonchev–Trinajstić information content (AvgIpc) is 2.29. The minimum absolute atomic E-state index is 0.173. The predicted molar refractivity (Wildman–Crippen MR) is 60.0 cm³/mol. The van der Waals surface area contributed by atoms with E-state index in [-0.39, 0.29) is 11.7 Å². The van der Waals surface area contributed by atoms with Gasteiger partial charge in [-0.15, -0.1) is 0 Å². The summed E-state index contributed by atoms with van der Waals surface area (Å²) in [6.45, 7) is 4.23. The quantitative estimate of drug-likeness (QED) is 0.805. The van der Waals surface area contributed by atoms with E-state index < -0.39 is 0 Å². The fourth-order valence-corrected chi connectivity index (χ4v) is 2.27. The molecule has 0 spiro atoms. The van der Waals surface area contributed by atoms with Crippen molar-refractivity contribution < 1.29 is 9.84 Å². The van der Waals surface area contributed by atoms with Crippen LogP contribution in [0.15, 0.2) is 24.3 Å². The second kappa shape index (κ2) is 3.86. The van der Waals surface area contributed by atoms with E-state index in [0.29, 0.717) is 6.42 Å². The molecule has 1 aliphatic heterocycles. The molecule has 2 rings (SSSR count). The van der Waals surface area contributed by atoms with Crippen molar-refractivity contribution in [2.75, 3.05) is 0 Å². The molecule has 0 bridgehead atoms. The first-order valence-electron chi connectivity index (χ1n) is 5.67. The molecule has 1 aromatic carbocycles. The minimum atomic E-state index is -0.380. The van der Waals surface area contributed by atoms with Crippen molar-refractivity contribution in [1.29, 1.82) is 0 Å². The van der Waals surface area contributed by atoms with Crippen LogP contribution in [-0.4, -0.2) is 10.7 Å². The van der Waals surface area contributed by atoms with Gasteiger partial charge in [0.2, 0.25) is 0 Å². The third-order valence-electron chi connectivity index (χ3n) is 3.46. The maximum atomic E-state index is 10.1. The van der Waals surface area contributed by atoms with Gasteiger partial charge in [-0.1, -0.05) is 32.0 Å². The normalized spacial score (nSPS) is 23.0. The predicted octanol–water partition coefficient (Wildman–Crippen LogP) is 3.06. The van der Waals surface area contributed by atoms with Gasteiger partial charge in [0.1, 0.15) is 11.4 Å². The van der Waals surface area contributed by atoms with Gasteiger partial charge in [-0.2, -0.15) is 0 Å². The van der Waals surface area contributed by atoms with Crippen LogP contribution in [0.3, 0.4) is 0 Å². The molecule has 0 aromatic heterocycles. The lowest BCUT2D eigenvalue weighted by molar-refractivity contribution is -0.0195. The van der Waals surface area contributed by atoms with Crippen LogP contribution >= 0.6 is 0 Å². The van der Waals surface area contributed by atoms with Gasteiger partial charge < -0.3 is 9.84 Å². The summed E-state index contributed by atoms with van der Waals surface area (Å²) in [5.74, 6) is 0.847. The number of ether oxygens (including phenoxy) is 1. The molecule has 2 heteroatoms. The van der Waals surface area contributed by atoms with Gasteiger partial charge in [-0.05, 0) is 18.9 Å². The van der Waals surface area contributed by atoms with E-state index >= 15 is 0 Å². The summed E-state index contributed by atoms with van der Waals surface area (Å²) < 4.78 is 6.03. The first-order valence-corrected chi connectivity index (χ1v) is 5.67. The second-order valence-corrected chi connectivity index (χ2v) is 4.25. The molecule has 1 heterocycles. The first kappa shape index (κ1) is 10.5. The SMILES string of the molecule is CCC1(CC)C[C@H](O)c2ccccc2O1. The number of benzene rings is 1. The number of hydrogen-bond donors (Lipinski definition) is 1. The summed E-state index contributed by atoms with van der Waals surface area (Å²) in [4.78, 5) is 0. The number of fused-ring (bicyclic) bond motifs is 1. The molecule has 0 aliphatic carbocycles. The number of aliphatic hydroxyl groups is 1. The Hall–Kier alpha value is -1.02. The third kappa shape index (κ3) is 1.74. The van der Waals surface area contributed by atoms with Gasteiger partial charge >= 0.3 is 0 Å². The molecular formula is C13H18O2. The molecule has 0 saturated heterocycles. The molecular weight excluding hydrogens is 188 g/mol. The van der Waals surface area contributed by atoms with Gasteiger partial charge in [0.05, 0.1) is 6.10 Å². The standard InChI is InChI=1S/C13H18O2/c1-3-13(4-2)9-11(14)10-7-5-6-8-12(10)15-13/h5-8,11,14H,3-4,9H2,1-2H3/t11-/m0/s1. The molecule has 0 amide bonds. The summed E-state index contributed by atoms with van der Waals surface area (Å²) in [5, 5.41) is 10.1. The largest absolute Gasteiger partial charge is 0.487 e. The van der Waals surface area contributed by atoms with Gasteiger partial charge in [0, 0.05) is 12.0 Å². The molecule has 1 N–H and O–H groups in total. The van der Waals surface area contributed by atoms with Crippen LogP contribution in [-0.2, 0) is 0 Å². The highest BCUT2D eigenvalue weighted by atomic mass is 16.5. The molecule has 1 atom stereocenters. The maximum Gasteiger partial charge on any atom is 0.125 e. The van der Waals surface area contributed by atoms with Gasteiger partial charge in [0.25, 0.3) is 0 Å². The molecule has 15 heavy (non-hydrogen) atoms. The van der Waals surface area contributed by atoms with Crippen LogP contribution in [0.1, 0.15) is 44.8 Å². The minimum Gasteiger partial charge on any atom is -0.487 e. The Labute approximate surface area is 90.9 Å². The Balaban J connectivity index is 2.37. The smallest absolute Gasteiger partial charge is 0.125 e. The van der Waals surface area contributed by atoms with E-state index in [9.17, 15) is 5.11 Å². The zero-order chi connectivity index (χ0) is 10.9. The van der Waals surface area contributed by atoms with Crippen molar-refractivity contribution in [3.8, 4) is 5.75 Å². The summed E-state index contributed by atoms with van der Waals surface area (Å²) in [7, 11) is 0. The molecule has 0 unspecified atom stereocenters. The molecule has 82 valence electrons. The monoisotopic (exact) mass is 206 g/mol. The van der Waals surface area contributed by atoms with Gasteiger partial charge in [-0.3, -0.25) is 0 Å². The molecule has 0 fully saturated rings. The topological polar surface area (TPSA) is 29.5 Å². The number of para-hydroxylation sites is 1. The van der Waals surface area contributed by atoms with Crippen molar-refractivity contribution in [3.05, 3.63) is 29.8 Å². The van der Waals surface area contributed by atoms with Crippen LogP contribution in [0.25, 0.3) is 0 Å². The Kier molecular flexibility index (Phi) is 2.70. The van der Waals surface area contributed by atoms with Gasteiger partial charge in [0.15, 0.2) is 0 Å². The highest BCUT2D eigenvalue weighted by molar-refractivity contribution is 5.37. The summed E-state index contributed by atoms with van der Waals surface area (Å²) in [5.41, 5.74) is 0.753. The zero-order valence-electron chi connectivity index (χ0n) is 9.36. The molecule has 2 nitrogen and oxygen atoms in total. The van der Waals surface area contributed by atoms with Crippen LogP contribution in [0.4, 0.5) is 0 Å². The van der Waals surface area contributed by atoms with Crippen LogP contribution in [0.5, 0.6) is 5.75 Å². The van der Waals surface area contributed by atoms with E-state index in [2.05, 4.69) is 13.8 Å². The van der Waals surface area contributed by atoms with E-state index in [1.807, 2.05) is 24.3 Å². The summed E-state index contributed by atoms with van der Waals surface area (Å²) in [6, 6.07) is 7.77. The van der Waals surface area contributed by atoms with E-state index in [1.54, 1.807) is 0 Å². The fourth-order valence-electron chi connectivity index (χ4n) is 2.27. The van der Waals surface area contributed by atoms with Crippen molar-refractivity contribution >= 4 is 0 Å². The lowest BCUT2D eigenvalue weighted by atomic mass is 9.85. The highest BCUT2D eigenvalue weighted by Gasteiger charge is 2.37. The first-order chi connectivity index (χ1) is 7.21. The van der Waals surface area contributed by atoms with Crippen molar-refractivity contribution in [3.63, 3.8) is 0 Å². The summed E-state index contributed by atoms with van der Waals surface area (Å²) in [6.07, 6.45) is 2.20. The van der Waals surface area contributed by atoms with E-state index in [4.69, 9.17) is 4.74 Å². The van der Waals surface area contributed by atoms with Crippen molar-refractivity contribution in [1.82, 2.24) is 0 Å². The molecule has 1 aromatic rings.